The molecule has 7 heteroatoms. The molecule has 0 aliphatic carbocycles. The SMILES string of the molecule is N/C=C\c1c(S)c2ccccc2n1-c1ccc(-c2cc(-c3ccc(-n4c5ccccc5c5cnccc54)cc3)cc(-c3ccc(-n4c5ccccc5c5cnccc54)cc3)c2)cc1. The van der Waals surface area contributed by atoms with Crippen molar-refractivity contribution in [3.8, 4) is 50.4 Å². The summed E-state index contributed by atoms with van der Waals surface area (Å²) in [6, 6.07) is 63.2. The number of hydrogen-bond donors (Lipinski definition) is 2. The number of benzene rings is 7. The van der Waals surface area contributed by atoms with Crippen LogP contribution in [0.1, 0.15) is 5.69 Å². The lowest BCUT2D eigenvalue weighted by molar-refractivity contribution is 1.09. The van der Waals surface area contributed by atoms with Crippen molar-refractivity contribution in [1.29, 1.82) is 0 Å². The molecule has 5 heterocycles. The van der Waals surface area contributed by atoms with Gasteiger partial charge in [-0.3, -0.25) is 9.97 Å². The molecule has 0 bridgehead atoms. The van der Waals surface area contributed by atoms with Gasteiger partial charge in [-0.05, 0) is 131 Å². The molecule has 0 fully saturated rings. The Hall–Kier alpha value is -8.13. The minimum absolute atomic E-state index is 0.899. The smallest absolute Gasteiger partial charge is 0.0616 e. The van der Waals surface area contributed by atoms with E-state index in [-0.39, 0.29) is 0 Å². The van der Waals surface area contributed by atoms with Crippen LogP contribution in [-0.4, -0.2) is 23.7 Å². The van der Waals surface area contributed by atoms with Crippen LogP contribution in [0.5, 0.6) is 0 Å². The molecule has 0 spiro atoms. The Balaban J connectivity index is 0.977. The van der Waals surface area contributed by atoms with Gasteiger partial charge >= 0.3 is 0 Å². The lowest BCUT2D eigenvalue weighted by atomic mass is 9.93. The Labute approximate surface area is 368 Å². The van der Waals surface area contributed by atoms with Gasteiger partial charge in [-0.1, -0.05) is 91.0 Å². The van der Waals surface area contributed by atoms with Crippen molar-refractivity contribution >= 4 is 73.2 Å². The molecule has 0 saturated heterocycles. The number of hydrogen-bond acceptors (Lipinski definition) is 4. The summed E-state index contributed by atoms with van der Waals surface area (Å²) in [5.41, 5.74) is 22.6. The van der Waals surface area contributed by atoms with Crippen LogP contribution in [0.2, 0.25) is 0 Å². The van der Waals surface area contributed by atoms with E-state index >= 15 is 0 Å². The summed E-state index contributed by atoms with van der Waals surface area (Å²) >= 11 is 4.91. The Kier molecular flexibility index (Phi) is 8.62. The Bertz CT molecular complexity index is 3460. The van der Waals surface area contributed by atoms with Crippen LogP contribution in [0, 0.1) is 0 Å². The summed E-state index contributed by atoms with van der Waals surface area (Å²) in [5, 5.41) is 5.75. The molecule has 298 valence electrons. The van der Waals surface area contributed by atoms with Crippen LogP contribution in [0.25, 0.3) is 111 Å². The fourth-order valence-corrected chi connectivity index (χ4v) is 9.85. The fourth-order valence-electron chi connectivity index (χ4n) is 9.49. The Morgan fingerprint density at radius 3 is 1.17 bits per heavy atom. The van der Waals surface area contributed by atoms with E-state index in [0.717, 1.165) is 105 Å². The summed E-state index contributed by atoms with van der Waals surface area (Å²) < 4.78 is 6.87. The van der Waals surface area contributed by atoms with Gasteiger partial charge in [-0.2, -0.15) is 0 Å². The lowest BCUT2D eigenvalue weighted by Gasteiger charge is -2.14. The van der Waals surface area contributed by atoms with Gasteiger partial charge in [0.25, 0.3) is 0 Å². The maximum atomic E-state index is 5.94. The van der Waals surface area contributed by atoms with E-state index in [9.17, 15) is 0 Å². The minimum atomic E-state index is 0.899. The molecule has 0 amide bonds. The number of pyridine rings is 2. The van der Waals surface area contributed by atoms with Gasteiger partial charge in [0, 0.05) is 73.7 Å². The Morgan fingerprint density at radius 2 is 0.746 bits per heavy atom. The monoisotopic (exact) mass is 826 g/mol. The summed E-state index contributed by atoms with van der Waals surface area (Å²) in [6.45, 7) is 0. The normalized spacial score (nSPS) is 11.9. The first kappa shape index (κ1) is 36.7. The first-order chi connectivity index (χ1) is 31.1. The topological polar surface area (TPSA) is 66.6 Å². The summed E-state index contributed by atoms with van der Waals surface area (Å²) in [7, 11) is 0. The van der Waals surface area contributed by atoms with Gasteiger partial charge in [0.1, 0.15) is 0 Å². The zero-order valence-corrected chi connectivity index (χ0v) is 34.9. The van der Waals surface area contributed by atoms with Gasteiger partial charge in [-0.25, -0.2) is 0 Å². The van der Waals surface area contributed by atoms with Crippen molar-refractivity contribution < 1.29 is 0 Å². The highest BCUT2D eigenvalue weighted by Crippen LogP contribution is 2.38. The van der Waals surface area contributed by atoms with Gasteiger partial charge < -0.3 is 19.4 Å². The number of thiol groups is 1. The third-order valence-electron chi connectivity index (χ3n) is 12.4. The van der Waals surface area contributed by atoms with Gasteiger partial charge in [0.05, 0.1) is 33.3 Å². The maximum Gasteiger partial charge on any atom is 0.0616 e. The zero-order chi connectivity index (χ0) is 42.0. The molecule has 5 aromatic heterocycles. The van der Waals surface area contributed by atoms with Crippen LogP contribution >= 0.6 is 12.6 Å². The quantitative estimate of drug-likeness (QED) is 0.157. The number of fused-ring (bicyclic) bond motifs is 7. The first-order valence-corrected chi connectivity index (χ1v) is 21.4. The molecule has 6 nitrogen and oxygen atoms in total. The number of nitrogens with zero attached hydrogens (tertiary/aromatic N) is 5. The number of nitrogens with two attached hydrogens (primary N) is 1. The molecule has 7 aromatic carbocycles. The molecule has 12 rings (SSSR count). The van der Waals surface area contributed by atoms with Gasteiger partial charge in [-0.15, -0.1) is 12.6 Å². The van der Waals surface area contributed by atoms with E-state index in [1.807, 2.05) is 36.9 Å². The number of para-hydroxylation sites is 3. The van der Waals surface area contributed by atoms with Crippen molar-refractivity contribution in [2.45, 2.75) is 4.90 Å². The minimum Gasteiger partial charge on any atom is -0.405 e. The molecule has 0 radical (unpaired) electrons. The molecule has 0 aliphatic rings. The molecule has 0 atom stereocenters. The average molecular weight is 827 g/mol. The second-order valence-electron chi connectivity index (χ2n) is 15.9. The molecule has 0 unspecified atom stereocenters. The standard InChI is InChI=1S/C56H38N6S/c57-28-25-55-56(63)47-9-3-6-12-52(47)62(55)44-23-17-38(18-24-44)41-32-39(36-13-19-42(20-14-36)60-50-10-4-1-7-45(50)48-34-58-29-26-53(48)60)31-40(33-41)37-15-21-43(22-16-37)61-51-11-5-2-8-46(51)49-35-59-30-27-54(49)61/h1-35,63H,57H2/b28-25-. The van der Waals surface area contributed by atoms with Gasteiger partial charge in [0.15, 0.2) is 0 Å². The summed E-state index contributed by atoms with van der Waals surface area (Å²) in [6.07, 6.45) is 11.2. The van der Waals surface area contributed by atoms with E-state index < -0.39 is 0 Å². The van der Waals surface area contributed by atoms with Crippen LogP contribution in [-0.2, 0) is 0 Å². The molecule has 12 aromatic rings. The van der Waals surface area contributed by atoms with Crippen LogP contribution in [0.3, 0.4) is 0 Å². The van der Waals surface area contributed by atoms with Crippen molar-refractivity contribution in [3.63, 3.8) is 0 Å². The van der Waals surface area contributed by atoms with E-state index in [0.29, 0.717) is 0 Å². The van der Waals surface area contributed by atoms with Crippen molar-refractivity contribution in [3.05, 3.63) is 213 Å². The van der Waals surface area contributed by atoms with Crippen molar-refractivity contribution in [2.75, 3.05) is 0 Å². The average Bonchev–Trinajstić information content (AvgIpc) is 3.97. The highest BCUT2D eigenvalue weighted by molar-refractivity contribution is 7.80. The van der Waals surface area contributed by atoms with Crippen LogP contribution < -0.4 is 5.73 Å². The predicted octanol–water partition coefficient (Wildman–Crippen LogP) is 13.8. The van der Waals surface area contributed by atoms with Crippen LogP contribution in [0.15, 0.2) is 212 Å². The van der Waals surface area contributed by atoms with E-state index in [1.54, 1.807) is 6.20 Å². The first-order valence-electron chi connectivity index (χ1n) is 21.0. The van der Waals surface area contributed by atoms with Crippen molar-refractivity contribution in [1.82, 2.24) is 23.7 Å². The molecule has 63 heavy (non-hydrogen) atoms. The fraction of sp³-hybridized carbons (Fsp3) is 0. The second-order valence-corrected chi connectivity index (χ2v) is 16.3. The predicted molar refractivity (Wildman–Crippen MR) is 264 cm³/mol. The highest BCUT2D eigenvalue weighted by Gasteiger charge is 2.17. The Morgan fingerprint density at radius 1 is 0.381 bits per heavy atom. The maximum absolute atomic E-state index is 5.94. The summed E-state index contributed by atoms with van der Waals surface area (Å²) in [5.74, 6) is 0. The van der Waals surface area contributed by atoms with Crippen LogP contribution in [0.4, 0.5) is 0 Å². The number of rotatable bonds is 7. The largest absolute Gasteiger partial charge is 0.405 e. The molecule has 2 N–H and O–H groups in total. The third-order valence-corrected chi connectivity index (χ3v) is 12.9. The lowest BCUT2D eigenvalue weighted by Crippen LogP contribution is -1.97. The summed E-state index contributed by atoms with van der Waals surface area (Å²) in [4.78, 5) is 9.79. The van der Waals surface area contributed by atoms with E-state index in [1.165, 1.54) is 10.8 Å². The van der Waals surface area contributed by atoms with E-state index in [2.05, 4.69) is 194 Å². The molecule has 0 aliphatic heterocycles. The van der Waals surface area contributed by atoms with E-state index in [4.69, 9.17) is 18.4 Å². The number of aromatic nitrogens is 5. The zero-order valence-electron chi connectivity index (χ0n) is 34.0. The molecule has 0 saturated carbocycles. The van der Waals surface area contributed by atoms with Crippen molar-refractivity contribution in [2.24, 2.45) is 5.73 Å². The highest BCUT2D eigenvalue weighted by atomic mass is 32.1. The third kappa shape index (κ3) is 5.97. The van der Waals surface area contributed by atoms with Gasteiger partial charge in [0.2, 0.25) is 0 Å². The second kappa shape index (κ2) is 14.8. The molecular formula is C56H38N6S. The molecular weight excluding hydrogens is 789 g/mol.